The Labute approximate surface area is 127 Å². The van der Waals surface area contributed by atoms with E-state index < -0.39 is 0 Å². The Morgan fingerprint density at radius 3 is 2.38 bits per heavy atom. The normalized spacial score (nSPS) is 23.7. The average molecular weight is 292 g/mol. The molecule has 0 aromatic carbocycles. The van der Waals surface area contributed by atoms with Crippen LogP contribution in [0.2, 0.25) is 0 Å². The van der Waals surface area contributed by atoms with Gasteiger partial charge in [0.1, 0.15) is 0 Å². The molecular formula is C17H28N2O2. The van der Waals surface area contributed by atoms with Gasteiger partial charge in [-0.3, -0.25) is 9.69 Å². The summed E-state index contributed by atoms with van der Waals surface area (Å²) in [6, 6.07) is 1.76. The third-order valence-electron chi connectivity index (χ3n) is 4.35. The van der Waals surface area contributed by atoms with Gasteiger partial charge in [-0.1, -0.05) is 13.8 Å². The molecule has 1 N–H and O–H groups in total. The second-order valence-corrected chi connectivity index (χ2v) is 7.05. The fourth-order valence-corrected chi connectivity index (χ4v) is 3.80. The number of aryl methyl sites for hydroxylation is 1. The Morgan fingerprint density at radius 1 is 1.29 bits per heavy atom. The van der Waals surface area contributed by atoms with Crippen LogP contribution < -0.4 is 5.43 Å². The third-order valence-corrected chi connectivity index (χ3v) is 4.35. The molecule has 0 spiro atoms. The van der Waals surface area contributed by atoms with Crippen molar-refractivity contribution >= 4 is 0 Å². The van der Waals surface area contributed by atoms with E-state index in [4.69, 9.17) is 0 Å². The lowest BCUT2D eigenvalue weighted by Gasteiger charge is -2.36. The van der Waals surface area contributed by atoms with Gasteiger partial charge in [-0.2, -0.15) is 0 Å². The van der Waals surface area contributed by atoms with Gasteiger partial charge in [0.2, 0.25) is 5.43 Å². The van der Waals surface area contributed by atoms with Crippen molar-refractivity contribution in [3.05, 3.63) is 27.7 Å². The number of hydrogen-bond donors (Lipinski definition) is 1. The lowest BCUT2D eigenvalue weighted by atomic mass is 9.92. The number of aromatic hydroxyl groups is 1. The molecule has 1 aliphatic rings. The van der Waals surface area contributed by atoms with Gasteiger partial charge in [-0.05, 0) is 39.0 Å². The van der Waals surface area contributed by atoms with Crippen molar-refractivity contribution in [3.8, 4) is 5.75 Å². The first-order chi connectivity index (χ1) is 9.79. The fourth-order valence-electron chi connectivity index (χ4n) is 3.80. The molecule has 0 radical (unpaired) electrons. The van der Waals surface area contributed by atoms with E-state index in [0.717, 1.165) is 24.5 Å². The van der Waals surface area contributed by atoms with Crippen molar-refractivity contribution in [1.82, 2.24) is 9.47 Å². The average Bonchev–Trinajstić information content (AvgIpc) is 2.33. The van der Waals surface area contributed by atoms with Crippen LogP contribution in [0.1, 0.15) is 51.5 Å². The lowest BCUT2D eigenvalue weighted by Crippen LogP contribution is -2.39. The van der Waals surface area contributed by atoms with Gasteiger partial charge in [0.05, 0.1) is 5.69 Å². The van der Waals surface area contributed by atoms with Crippen molar-refractivity contribution in [2.45, 2.75) is 53.6 Å². The van der Waals surface area contributed by atoms with Crippen LogP contribution in [0.4, 0.5) is 0 Å². The van der Waals surface area contributed by atoms with Gasteiger partial charge < -0.3 is 9.67 Å². The van der Waals surface area contributed by atoms with Crippen LogP contribution in [0, 0.1) is 18.8 Å². The lowest BCUT2D eigenvalue weighted by molar-refractivity contribution is 0.129. The molecule has 2 atom stereocenters. The minimum Gasteiger partial charge on any atom is -0.503 e. The Morgan fingerprint density at radius 2 is 1.86 bits per heavy atom. The van der Waals surface area contributed by atoms with E-state index in [1.165, 1.54) is 12.5 Å². The summed E-state index contributed by atoms with van der Waals surface area (Å²) in [6.07, 6.45) is 1.26. The summed E-state index contributed by atoms with van der Waals surface area (Å²) < 4.78 is 2.08. The summed E-state index contributed by atoms with van der Waals surface area (Å²) in [5, 5.41) is 10.3. The Kier molecular flexibility index (Phi) is 4.77. The predicted molar refractivity (Wildman–Crippen MR) is 85.7 cm³/mol. The van der Waals surface area contributed by atoms with Crippen molar-refractivity contribution in [1.29, 1.82) is 0 Å². The van der Waals surface area contributed by atoms with Crippen LogP contribution >= 0.6 is 0 Å². The van der Waals surface area contributed by atoms with Crippen molar-refractivity contribution in [2.24, 2.45) is 11.8 Å². The quantitative estimate of drug-likeness (QED) is 0.931. The Hall–Kier alpha value is -1.29. The molecule has 1 aromatic heterocycles. The van der Waals surface area contributed by atoms with E-state index in [0.29, 0.717) is 18.4 Å². The number of pyridine rings is 1. The van der Waals surface area contributed by atoms with Crippen LogP contribution in [0.25, 0.3) is 0 Å². The van der Waals surface area contributed by atoms with E-state index in [1.54, 1.807) is 0 Å². The molecule has 0 aliphatic carbocycles. The smallest absolute Gasteiger partial charge is 0.223 e. The minimum atomic E-state index is -0.266. The third kappa shape index (κ3) is 3.49. The summed E-state index contributed by atoms with van der Waals surface area (Å²) in [6.45, 7) is 13.4. The number of likely N-dealkylation sites (tertiary alicyclic amines) is 1. The molecule has 1 aliphatic heterocycles. The van der Waals surface area contributed by atoms with Crippen LogP contribution in [0.3, 0.4) is 0 Å². The zero-order valence-electron chi connectivity index (χ0n) is 13.9. The predicted octanol–water partition coefficient (Wildman–Crippen LogP) is 2.92. The van der Waals surface area contributed by atoms with Gasteiger partial charge in [0.15, 0.2) is 5.75 Å². The maximum Gasteiger partial charge on any atom is 0.223 e. The molecule has 2 rings (SSSR count). The molecule has 1 aromatic rings. The number of piperidine rings is 1. The van der Waals surface area contributed by atoms with Gasteiger partial charge in [0, 0.05) is 37.4 Å². The highest BCUT2D eigenvalue weighted by Crippen LogP contribution is 2.26. The summed E-state index contributed by atoms with van der Waals surface area (Å²) in [5.41, 5.74) is 1.41. The first-order valence-corrected chi connectivity index (χ1v) is 7.96. The number of hydrogen-bond acceptors (Lipinski definition) is 3. The van der Waals surface area contributed by atoms with Crippen LogP contribution in [0.15, 0.2) is 10.9 Å². The second-order valence-electron chi connectivity index (χ2n) is 7.05. The van der Waals surface area contributed by atoms with E-state index in [-0.39, 0.29) is 17.2 Å². The van der Waals surface area contributed by atoms with E-state index in [9.17, 15) is 9.90 Å². The molecule has 118 valence electrons. The summed E-state index contributed by atoms with van der Waals surface area (Å²) in [5.74, 6) is 1.25. The van der Waals surface area contributed by atoms with Crippen LogP contribution in [-0.4, -0.2) is 27.7 Å². The molecule has 4 nitrogen and oxygen atoms in total. The van der Waals surface area contributed by atoms with Crippen molar-refractivity contribution in [2.75, 3.05) is 13.1 Å². The molecule has 0 bridgehead atoms. The van der Waals surface area contributed by atoms with Crippen LogP contribution in [-0.2, 0) is 6.54 Å². The van der Waals surface area contributed by atoms with Crippen molar-refractivity contribution in [3.63, 3.8) is 0 Å². The molecule has 21 heavy (non-hydrogen) atoms. The first kappa shape index (κ1) is 16.1. The topological polar surface area (TPSA) is 45.5 Å². The molecule has 4 heteroatoms. The molecule has 0 saturated carbocycles. The minimum absolute atomic E-state index is 0.0832. The molecule has 1 fully saturated rings. The fraction of sp³-hybridized carbons (Fsp3) is 0.706. The summed E-state index contributed by atoms with van der Waals surface area (Å²) in [7, 11) is 0. The summed E-state index contributed by atoms with van der Waals surface area (Å²) >= 11 is 0. The SMILES string of the molecule is Cc1cc(=O)c(O)c(CN2CC(C)CC(C)C2)n1C(C)C. The zero-order valence-corrected chi connectivity index (χ0v) is 13.9. The van der Waals surface area contributed by atoms with Crippen molar-refractivity contribution < 1.29 is 5.11 Å². The van der Waals surface area contributed by atoms with E-state index in [2.05, 4.69) is 37.2 Å². The molecule has 0 amide bonds. The monoisotopic (exact) mass is 292 g/mol. The molecule has 1 saturated heterocycles. The van der Waals surface area contributed by atoms with E-state index >= 15 is 0 Å². The van der Waals surface area contributed by atoms with Gasteiger partial charge in [-0.15, -0.1) is 0 Å². The summed E-state index contributed by atoms with van der Waals surface area (Å²) in [4.78, 5) is 14.3. The highest BCUT2D eigenvalue weighted by molar-refractivity contribution is 5.30. The Balaban J connectivity index is 2.36. The standard InChI is InChI=1S/C17H28N2O2/c1-11(2)19-14(5)7-16(20)17(21)15(19)10-18-8-12(3)6-13(4)9-18/h7,11-13,21H,6,8-10H2,1-5H3. The number of nitrogens with zero attached hydrogens (tertiary/aromatic N) is 2. The zero-order chi connectivity index (χ0) is 15.7. The van der Waals surface area contributed by atoms with Gasteiger partial charge in [-0.25, -0.2) is 0 Å². The Bertz CT molecular complexity index is 553. The van der Waals surface area contributed by atoms with Crippen LogP contribution in [0.5, 0.6) is 5.75 Å². The highest BCUT2D eigenvalue weighted by atomic mass is 16.3. The number of aromatic nitrogens is 1. The molecule has 2 heterocycles. The highest BCUT2D eigenvalue weighted by Gasteiger charge is 2.24. The number of rotatable bonds is 3. The van der Waals surface area contributed by atoms with Gasteiger partial charge in [0.25, 0.3) is 0 Å². The van der Waals surface area contributed by atoms with E-state index in [1.807, 2.05) is 6.92 Å². The maximum atomic E-state index is 11.9. The largest absolute Gasteiger partial charge is 0.503 e. The van der Waals surface area contributed by atoms with Gasteiger partial charge >= 0.3 is 0 Å². The second kappa shape index (κ2) is 6.22. The first-order valence-electron chi connectivity index (χ1n) is 7.96. The molecular weight excluding hydrogens is 264 g/mol. The maximum absolute atomic E-state index is 11.9. The molecule has 2 unspecified atom stereocenters.